The SMILES string of the molecule is CCC1CCN(C(=O)CC2CC3CCC2C3)C(C(=O)O)C1. The average molecular weight is 293 g/mol. The molecule has 0 spiro atoms. The molecule has 5 atom stereocenters. The first-order valence-electron chi connectivity index (χ1n) is 8.60. The molecule has 2 aliphatic carbocycles. The first-order chi connectivity index (χ1) is 10.1. The summed E-state index contributed by atoms with van der Waals surface area (Å²) >= 11 is 0. The lowest BCUT2D eigenvalue weighted by atomic mass is 9.84. The molecule has 2 saturated carbocycles. The van der Waals surface area contributed by atoms with E-state index >= 15 is 0 Å². The van der Waals surface area contributed by atoms with Crippen LogP contribution in [0.3, 0.4) is 0 Å². The zero-order valence-electron chi connectivity index (χ0n) is 13.0. The van der Waals surface area contributed by atoms with Gasteiger partial charge in [0.2, 0.25) is 5.91 Å². The van der Waals surface area contributed by atoms with Gasteiger partial charge in [-0.3, -0.25) is 4.79 Å². The molecule has 1 N–H and O–H groups in total. The number of carboxylic acid groups (broad SMARTS) is 1. The molecule has 4 heteroatoms. The molecule has 0 aromatic carbocycles. The third kappa shape index (κ3) is 2.95. The molecule has 3 rings (SSSR count). The predicted molar refractivity (Wildman–Crippen MR) is 79.7 cm³/mol. The number of carbonyl (C=O) groups is 2. The molecule has 0 radical (unpaired) electrons. The zero-order valence-corrected chi connectivity index (χ0v) is 13.0. The Hall–Kier alpha value is -1.06. The van der Waals surface area contributed by atoms with Gasteiger partial charge in [-0.15, -0.1) is 0 Å². The summed E-state index contributed by atoms with van der Waals surface area (Å²) in [6.45, 7) is 2.74. The highest BCUT2D eigenvalue weighted by Crippen LogP contribution is 2.49. The van der Waals surface area contributed by atoms with Crippen molar-refractivity contribution in [2.75, 3.05) is 6.54 Å². The van der Waals surface area contributed by atoms with E-state index in [0.717, 1.165) is 24.7 Å². The Morgan fingerprint density at radius 3 is 2.52 bits per heavy atom. The minimum Gasteiger partial charge on any atom is -0.480 e. The fourth-order valence-electron chi connectivity index (χ4n) is 4.91. The quantitative estimate of drug-likeness (QED) is 0.867. The van der Waals surface area contributed by atoms with E-state index in [-0.39, 0.29) is 5.91 Å². The fourth-order valence-corrected chi connectivity index (χ4v) is 4.91. The fraction of sp³-hybridized carbons (Fsp3) is 0.882. The Morgan fingerprint density at radius 1 is 1.14 bits per heavy atom. The molecule has 5 unspecified atom stereocenters. The van der Waals surface area contributed by atoms with Gasteiger partial charge in [0.05, 0.1) is 0 Å². The molecular formula is C17H27NO3. The smallest absolute Gasteiger partial charge is 0.326 e. The lowest BCUT2D eigenvalue weighted by molar-refractivity contribution is -0.153. The Bertz CT molecular complexity index is 422. The zero-order chi connectivity index (χ0) is 15.0. The monoisotopic (exact) mass is 293 g/mol. The number of amides is 1. The molecule has 0 aromatic rings. The molecule has 3 fully saturated rings. The van der Waals surface area contributed by atoms with Crippen molar-refractivity contribution < 1.29 is 14.7 Å². The minimum atomic E-state index is -0.825. The van der Waals surface area contributed by atoms with Crippen LogP contribution in [-0.4, -0.2) is 34.5 Å². The lowest BCUT2D eigenvalue weighted by Gasteiger charge is -2.38. The van der Waals surface area contributed by atoms with E-state index in [4.69, 9.17) is 0 Å². The van der Waals surface area contributed by atoms with E-state index in [1.807, 2.05) is 0 Å². The summed E-state index contributed by atoms with van der Waals surface area (Å²) in [4.78, 5) is 25.8. The maximum atomic E-state index is 12.6. The van der Waals surface area contributed by atoms with Gasteiger partial charge in [0.1, 0.15) is 6.04 Å². The van der Waals surface area contributed by atoms with E-state index in [2.05, 4.69) is 6.92 Å². The molecule has 1 amide bonds. The summed E-state index contributed by atoms with van der Waals surface area (Å²) in [6.07, 6.45) is 8.31. The third-order valence-corrected chi connectivity index (χ3v) is 6.22. The van der Waals surface area contributed by atoms with Crippen molar-refractivity contribution in [3.63, 3.8) is 0 Å². The van der Waals surface area contributed by atoms with Gasteiger partial charge >= 0.3 is 5.97 Å². The van der Waals surface area contributed by atoms with Gasteiger partial charge in [-0.1, -0.05) is 19.8 Å². The number of carboxylic acids is 1. The van der Waals surface area contributed by atoms with Gasteiger partial charge in [0.15, 0.2) is 0 Å². The topological polar surface area (TPSA) is 57.6 Å². The highest BCUT2D eigenvalue weighted by Gasteiger charge is 2.42. The van der Waals surface area contributed by atoms with E-state index in [1.54, 1.807) is 4.90 Å². The molecule has 21 heavy (non-hydrogen) atoms. The van der Waals surface area contributed by atoms with Gasteiger partial charge in [-0.25, -0.2) is 4.79 Å². The largest absolute Gasteiger partial charge is 0.480 e. The number of likely N-dealkylation sites (tertiary alicyclic amines) is 1. The molecule has 0 aromatic heterocycles. The number of hydrogen-bond donors (Lipinski definition) is 1. The summed E-state index contributed by atoms with van der Waals surface area (Å²) in [5.41, 5.74) is 0. The van der Waals surface area contributed by atoms with Crippen LogP contribution in [-0.2, 0) is 9.59 Å². The van der Waals surface area contributed by atoms with Gasteiger partial charge in [-0.2, -0.15) is 0 Å². The summed E-state index contributed by atoms with van der Waals surface area (Å²) in [6, 6.07) is -0.588. The highest BCUT2D eigenvalue weighted by molar-refractivity contribution is 5.84. The molecule has 4 nitrogen and oxygen atoms in total. The first kappa shape index (κ1) is 14.9. The highest BCUT2D eigenvalue weighted by atomic mass is 16.4. The van der Waals surface area contributed by atoms with E-state index < -0.39 is 12.0 Å². The Balaban J connectivity index is 1.61. The van der Waals surface area contributed by atoms with Crippen LogP contribution in [0.5, 0.6) is 0 Å². The number of fused-ring (bicyclic) bond motifs is 2. The number of rotatable bonds is 4. The van der Waals surface area contributed by atoms with Crippen LogP contribution >= 0.6 is 0 Å². The molecule has 1 heterocycles. The second kappa shape index (κ2) is 5.98. The van der Waals surface area contributed by atoms with Crippen molar-refractivity contribution in [2.45, 2.75) is 64.3 Å². The molecular weight excluding hydrogens is 266 g/mol. The second-order valence-corrected chi connectivity index (χ2v) is 7.38. The van der Waals surface area contributed by atoms with Crippen LogP contribution in [0.2, 0.25) is 0 Å². The summed E-state index contributed by atoms with van der Waals surface area (Å²) in [5, 5.41) is 9.44. The molecule has 118 valence electrons. The number of hydrogen-bond acceptors (Lipinski definition) is 2. The van der Waals surface area contributed by atoms with Crippen LogP contribution in [0.25, 0.3) is 0 Å². The van der Waals surface area contributed by atoms with Crippen LogP contribution in [0.4, 0.5) is 0 Å². The minimum absolute atomic E-state index is 0.0921. The van der Waals surface area contributed by atoms with Gasteiger partial charge in [0, 0.05) is 13.0 Å². The van der Waals surface area contributed by atoms with Crippen LogP contribution in [0.15, 0.2) is 0 Å². The summed E-state index contributed by atoms with van der Waals surface area (Å²) < 4.78 is 0. The van der Waals surface area contributed by atoms with E-state index in [9.17, 15) is 14.7 Å². The van der Waals surface area contributed by atoms with Crippen LogP contribution in [0.1, 0.15) is 58.3 Å². The third-order valence-electron chi connectivity index (χ3n) is 6.22. The van der Waals surface area contributed by atoms with Gasteiger partial charge in [0.25, 0.3) is 0 Å². The van der Waals surface area contributed by atoms with Gasteiger partial charge in [-0.05, 0) is 55.8 Å². The van der Waals surface area contributed by atoms with E-state index in [1.165, 1.54) is 25.7 Å². The van der Waals surface area contributed by atoms with Crippen molar-refractivity contribution in [1.82, 2.24) is 4.90 Å². The Labute approximate surface area is 126 Å². The van der Waals surface area contributed by atoms with E-state index in [0.29, 0.717) is 31.2 Å². The van der Waals surface area contributed by atoms with Crippen molar-refractivity contribution in [3.05, 3.63) is 0 Å². The Kier molecular flexibility index (Phi) is 4.23. The molecule has 3 aliphatic rings. The number of piperidine rings is 1. The molecule has 2 bridgehead atoms. The normalized spacial score (nSPS) is 38.7. The number of nitrogens with zero attached hydrogens (tertiary/aromatic N) is 1. The maximum Gasteiger partial charge on any atom is 0.326 e. The average Bonchev–Trinajstić information content (AvgIpc) is 3.09. The summed E-state index contributed by atoms with van der Waals surface area (Å²) in [7, 11) is 0. The van der Waals surface area contributed by atoms with Crippen molar-refractivity contribution in [1.29, 1.82) is 0 Å². The maximum absolute atomic E-state index is 12.6. The number of aliphatic carboxylic acids is 1. The standard InChI is InChI=1S/C17H27NO3/c1-2-11-5-6-18(15(9-11)17(20)21)16(19)10-14-8-12-3-4-13(14)7-12/h11-15H,2-10H2,1H3,(H,20,21). The van der Waals surface area contributed by atoms with Crippen molar-refractivity contribution in [3.8, 4) is 0 Å². The lowest BCUT2D eigenvalue weighted by Crippen LogP contribution is -2.50. The number of carbonyl (C=O) groups excluding carboxylic acids is 1. The van der Waals surface area contributed by atoms with Crippen molar-refractivity contribution >= 4 is 11.9 Å². The van der Waals surface area contributed by atoms with Gasteiger partial charge < -0.3 is 10.0 Å². The predicted octanol–water partition coefficient (Wildman–Crippen LogP) is 2.91. The second-order valence-electron chi connectivity index (χ2n) is 7.38. The Morgan fingerprint density at radius 2 is 1.95 bits per heavy atom. The van der Waals surface area contributed by atoms with Crippen LogP contribution in [0, 0.1) is 23.7 Å². The molecule has 1 aliphatic heterocycles. The molecule has 1 saturated heterocycles. The summed E-state index contributed by atoms with van der Waals surface area (Å²) in [5.74, 6) is 1.82. The van der Waals surface area contributed by atoms with Crippen LogP contribution < -0.4 is 0 Å². The van der Waals surface area contributed by atoms with Crippen molar-refractivity contribution in [2.24, 2.45) is 23.7 Å². The first-order valence-corrected chi connectivity index (χ1v) is 8.60.